The van der Waals surface area contributed by atoms with Crippen molar-refractivity contribution in [1.82, 2.24) is 25.5 Å². The number of carbonyl (C=O) groups is 1. The second-order valence-corrected chi connectivity index (χ2v) is 8.31. The lowest BCUT2D eigenvalue weighted by atomic mass is 10.0. The summed E-state index contributed by atoms with van der Waals surface area (Å²) in [6.07, 6.45) is 9.04. The fourth-order valence-electron chi connectivity index (χ4n) is 4.49. The van der Waals surface area contributed by atoms with Gasteiger partial charge in [0.05, 0.1) is 11.7 Å². The highest BCUT2D eigenvalue weighted by Crippen LogP contribution is 2.27. The molecule has 33 heavy (non-hydrogen) atoms. The monoisotopic (exact) mass is 437 g/mol. The van der Waals surface area contributed by atoms with E-state index in [1.165, 1.54) is 0 Å². The summed E-state index contributed by atoms with van der Waals surface area (Å²) in [5.41, 5.74) is 2.14. The molecule has 0 aliphatic carbocycles. The zero-order valence-electron chi connectivity index (χ0n) is 18.0. The molecular weight excluding hydrogens is 414 g/mol. The number of aliphatic imine (C=N–C) groups is 2. The van der Waals surface area contributed by atoms with Gasteiger partial charge in [0.1, 0.15) is 5.84 Å². The van der Waals surface area contributed by atoms with Crippen molar-refractivity contribution in [2.24, 2.45) is 9.98 Å². The SMILES string of the molecule is O=C(C1=NC2N=C(N3CCNCC3)C=CC2N1)c1ccnc(-c2cncc3ccccc23)c1. The van der Waals surface area contributed by atoms with Gasteiger partial charge in [-0.15, -0.1) is 0 Å². The van der Waals surface area contributed by atoms with E-state index in [0.29, 0.717) is 17.1 Å². The van der Waals surface area contributed by atoms with Crippen LogP contribution in [-0.2, 0) is 0 Å². The molecule has 1 saturated heterocycles. The highest BCUT2D eigenvalue weighted by molar-refractivity contribution is 6.45. The second-order valence-electron chi connectivity index (χ2n) is 8.31. The molecule has 3 aliphatic heterocycles. The van der Waals surface area contributed by atoms with Gasteiger partial charge < -0.3 is 15.5 Å². The number of hydrogen-bond acceptors (Lipinski definition) is 8. The van der Waals surface area contributed by atoms with Gasteiger partial charge in [0.25, 0.3) is 0 Å². The Bertz CT molecular complexity index is 1320. The number of piperazine rings is 1. The van der Waals surface area contributed by atoms with Crippen LogP contribution in [0.25, 0.3) is 22.0 Å². The van der Waals surface area contributed by atoms with Crippen molar-refractivity contribution in [3.05, 3.63) is 72.7 Å². The van der Waals surface area contributed by atoms with E-state index in [2.05, 4.69) is 36.6 Å². The first-order valence-electron chi connectivity index (χ1n) is 11.2. The van der Waals surface area contributed by atoms with E-state index in [4.69, 9.17) is 4.99 Å². The highest BCUT2D eigenvalue weighted by atomic mass is 16.1. The molecule has 1 fully saturated rings. The molecule has 5 heterocycles. The molecule has 0 radical (unpaired) electrons. The van der Waals surface area contributed by atoms with Gasteiger partial charge in [-0.25, -0.2) is 9.98 Å². The summed E-state index contributed by atoms with van der Waals surface area (Å²) in [5, 5.41) is 8.68. The minimum Gasteiger partial charge on any atom is -0.357 e. The van der Waals surface area contributed by atoms with Gasteiger partial charge in [0.2, 0.25) is 5.78 Å². The van der Waals surface area contributed by atoms with Gasteiger partial charge in [-0.1, -0.05) is 30.3 Å². The molecule has 0 spiro atoms. The third-order valence-electron chi connectivity index (χ3n) is 6.23. The number of dihydropyridines is 1. The molecule has 0 amide bonds. The molecule has 0 bridgehead atoms. The first-order chi connectivity index (χ1) is 16.3. The number of carbonyl (C=O) groups excluding carboxylic acids is 1. The third kappa shape index (κ3) is 3.68. The van der Waals surface area contributed by atoms with Crippen molar-refractivity contribution >= 4 is 28.2 Å². The number of amidine groups is 2. The molecule has 2 atom stereocenters. The Hall–Kier alpha value is -3.91. The van der Waals surface area contributed by atoms with Crippen molar-refractivity contribution in [3.8, 4) is 11.3 Å². The second kappa shape index (κ2) is 8.22. The van der Waals surface area contributed by atoms with E-state index >= 15 is 0 Å². The highest BCUT2D eigenvalue weighted by Gasteiger charge is 2.33. The number of fused-ring (bicyclic) bond motifs is 2. The van der Waals surface area contributed by atoms with Crippen LogP contribution in [0.4, 0.5) is 0 Å². The van der Waals surface area contributed by atoms with Crippen LogP contribution in [0, 0.1) is 0 Å². The fraction of sp³-hybridized carbons (Fsp3) is 0.240. The van der Waals surface area contributed by atoms with E-state index in [1.54, 1.807) is 18.5 Å². The van der Waals surface area contributed by atoms with Crippen LogP contribution in [0.2, 0.25) is 0 Å². The lowest BCUT2D eigenvalue weighted by Gasteiger charge is -2.31. The Labute approximate surface area is 191 Å². The molecular formula is C25H23N7O. The Morgan fingerprint density at radius 3 is 2.85 bits per heavy atom. The first-order valence-corrected chi connectivity index (χ1v) is 11.2. The standard InChI is InChI=1S/C25H23N7O/c33-23(25-29-20-5-6-22(30-24(20)31-25)32-11-9-26-10-12-32)16-7-8-28-21(13-16)19-15-27-14-17-3-1-2-4-18(17)19/h1-8,13-15,20,24,26H,9-12H2,(H,29,31). The molecule has 8 nitrogen and oxygen atoms in total. The maximum Gasteiger partial charge on any atom is 0.227 e. The molecule has 1 aromatic carbocycles. The molecule has 3 aliphatic rings. The van der Waals surface area contributed by atoms with Crippen molar-refractivity contribution in [3.63, 3.8) is 0 Å². The number of benzene rings is 1. The summed E-state index contributed by atoms with van der Waals surface area (Å²) in [6, 6.07) is 11.5. The molecule has 8 heteroatoms. The zero-order chi connectivity index (χ0) is 22.2. The minimum absolute atomic E-state index is 0.0980. The van der Waals surface area contributed by atoms with Crippen LogP contribution in [0.1, 0.15) is 10.4 Å². The number of hydrogen-bond donors (Lipinski definition) is 2. The lowest BCUT2D eigenvalue weighted by molar-refractivity contribution is 0.106. The van der Waals surface area contributed by atoms with Crippen LogP contribution in [0.15, 0.2) is 77.1 Å². The Kier molecular flexibility index (Phi) is 4.92. The maximum atomic E-state index is 13.3. The van der Waals surface area contributed by atoms with E-state index in [1.807, 2.05) is 42.6 Å². The van der Waals surface area contributed by atoms with Gasteiger partial charge in [0, 0.05) is 61.3 Å². The van der Waals surface area contributed by atoms with Gasteiger partial charge in [-0.05, 0) is 23.6 Å². The number of rotatable bonds is 3. The average molecular weight is 438 g/mol. The number of nitrogens with zero attached hydrogens (tertiary/aromatic N) is 5. The third-order valence-corrected chi connectivity index (χ3v) is 6.23. The Balaban J connectivity index is 1.27. The van der Waals surface area contributed by atoms with Gasteiger partial charge >= 0.3 is 0 Å². The molecule has 2 aromatic heterocycles. The molecule has 0 saturated carbocycles. The smallest absolute Gasteiger partial charge is 0.227 e. The van der Waals surface area contributed by atoms with Crippen LogP contribution >= 0.6 is 0 Å². The molecule has 164 valence electrons. The van der Waals surface area contributed by atoms with Crippen molar-refractivity contribution in [2.75, 3.05) is 26.2 Å². The Morgan fingerprint density at radius 1 is 1.06 bits per heavy atom. The van der Waals surface area contributed by atoms with Crippen LogP contribution in [-0.4, -0.2) is 70.7 Å². The predicted molar refractivity (Wildman–Crippen MR) is 128 cm³/mol. The number of aromatic nitrogens is 2. The van der Waals surface area contributed by atoms with Crippen LogP contribution in [0.5, 0.6) is 0 Å². The number of pyridine rings is 2. The zero-order valence-corrected chi connectivity index (χ0v) is 18.0. The van der Waals surface area contributed by atoms with E-state index in [-0.39, 0.29) is 18.0 Å². The van der Waals surface area contributed by atoms with E-state index in [0.717, 1.165) is 48.4 Å². The number of ketones is 1. The fourth-order valence-corrected chi connectivity index (χ4v) is 4.49. The maximum absolute atomic E-state index is 13.3. The normalized spacial score (nSPS) is 21.9. The largest absolute Gasteiger partial charge is 0.357 e. The summed E-state index contributed by atoms with van der Waals surface area (Å²) in [5.74, 6) is 1.12. The van der Waals surface area contributed by atoms with Gasteiger partial charge in [0.15, 0.2) is 12.0 Å². The summed E-state index contributed by atoms with van der Waals surface area (Å²) in [7, 11) is 0. The summed E-state index contributed by atoms with van der Waals surface area (Å²) >= 11 is 0. The first kappa shape index (κ1) is 19.8. The summed E-state index contributed by atoms with van der Waals surface area (Å²) in [4.78, 5) is 33.8. The van der Waals surface area contributed by atoms with Crippen molar-refractivity contribution in [2.45, 2.75) is 12.2 Å². The van der Waals surface area contributed by atoms with Crippen molar-refractivity contribution in [1.29, 1.82) is 0 Å². The molecule has 2 N–H and O–H groups in total. The summed E-state index contributed by atoms with van der Waals surface area (Å²) in [6.45, 7) is 3.74. The van der Waals surface area contributed by atoms with Crippen LogP contribution < -0.4 is 10.6 Å². The molecule has 6 rings (SSSR count). The topological polar surface area (TPSA) is 94.9 Å². The Morgan fingerprint density at radius 2 is 1.94 bits per heavy atom. The van der Waals surface area contributed by atoms with Gasteiger partial charge in [-0.2, -0.15) is 0 Å². The molecule has 3 aromatic rings. The van der Waals surface area contributed by atoms with Crippen LogP contribution in [0.3, 0.4) is 0 Å². The number of nitrogens with one attached hydrogen (secondary N) is 2. The summed E-state index contributed by atoms with van der Waals surface area (Å²) < 4.78 is 0. The van der Waals surface area contributed by atoms with E-state index in [9.17, 15) is 4.79 Å². The average Bonchev–Trinajstić information content (AvgIpc) is 3.32. The minimum atomic E-state index is -0.317. The van der Waals surface area contributed by atoms with Crippen molar-refractivity contribution < 1.29 is 4.79 Å². The quantitative estimate of drug-likeness (QED) is 0.609. The predicted octanol–water partition coefficient (Wildman–Crippen LogP) is 2.05. The van der Waals surface area contributed by atoms with E-state index < -0.39 is 0 Å². The van der Waals surface area contributed by atoms with Gasteiger partial charge in [-0.3, -0.25) is 14.8 Å². The molecule has 2 unspecified atom stereocenters. The lowest BCUT2D eigenvalue weighted by Crippen LogP contribution is -2.47. The number of Topliss-reactive ketones (excluding diaryl/α,β-unsaturated/α-hetero) is 1.